The molecule has 1 N–H and O–H groups in total. The SMILES string of the molecule is CNC(=O)CSc1nc2cc(C(=O)OC)ccc2c(=O)n1C[C@@H]1CCCO1. The lowest BCUT2D eigenvalue weighted by atomic mass is 10.1. The average molecular weight is 391 g/mol. The van der Waals surface area contributed by atoms with E-state index >= 15 is 0 Å². The molecule has 9 heteroatoms. The highest BCUT2D eigenvalue weighted by atomic mass is 32.2. The van der Waals surface area contributed by atoms with Crippen LogP contribution < -0.4 is 10.9 Å². The Hall–Kier alpha value is -2.39. The molecule has 0 bridgehead atoms. The van der Waals surface area contributed by atoms with Gasteiger partial charge in [0.25, 0.3) is 5.56 Å². The molecule has 0 aliphatic carbocycles. The van der Waals surface area contributed by atoms with Crippen LogP contribution in [0.1, 0.15) is 23.2 Å². The molecule has 8 nitrogen and oxygen atoms in total. The van der Waals surface area contributed by atoms with Gasteiger partial charge in [0.05, 0.1) is 42.0 Å². The molecule has 0 radical (unpaired) electrons. The number of hydrogen-bond donors (Lipinski definition) is 1. The third kappa shape index (κ3) is 4.30. The van der Waals surface area contributed by atoms with Gasteiger partial charge in [0, 0.05) is 13.7 Å². The van der Waals surface area contributed by atoms with Crippen LogP contribution in [0.5, 0.6) is 0 Å². The number of carbonyl (C=O) groups excluding carboxylic acids is 2. The minimum atomic E-state index is -0.498. The van der Waals surface area contributed by atoms with Gasteiger partial charge < -0.3 is 14.8 Å². The first-order chi connectivity index (χ1) is 13.0. The molecule has 1 atom stereocenters. The van der Waals surface area contributed by atoms with Crippen molar-refractivity contribution in [3.8, 4) is 0 Å². The van der Waals surface area contributed by atoms with Gasteiger partial charge in [-0.1, -0.05) is 11.8 Å². The van der Waals surface area contributed by atoms with E-state index in [1.54, 1.807) is 23.7 Å². The zero-order valence-corrected chi connectivity index (χ0v) is 16.0. The number of nitrogens with zero attached hydrogens (tertiary/aromatic N) is 2. The lowest BCUT2D eigenvalue weighted by Crippen LogP contribution is -2.29. The molecular weight excluding hydrogens is 370 g/mol. The number of methoxy groups -OCH3 is 1. The van der Waals surface area contributed by atoms with Crippen LogP contribution in [0.25, 0.3) is 10.9 Å². The summed E-state index contributed by atoms with van der Waals surface area (Å²) in [4.78, 5) is 41.0. The second-order valence-electron chi connectivity index (χ2n) is 6.13. The zero-order chi connectivity index (χ0) is 19.4. The van der Waals surface area contributed by atoms with Crippen molar-refractivity contribution in [3.63, 3.8) is 0 Å². The van der Waals surface area contributed by atoms with Gasteiger partial charge in [0.2, 0.25) is 5.91 Å². The van der Waals surface area contributed by atoms with Crippen LogP contribution >= 0.6 is 11.8 Å². The molecule has 2 aromatic rings. The fraction of sp³-hybridized carbons (Fsp3) is 0.444. The molecule has 27 heavy (non-hydrogen) atoms. The standard InChI is InChI=1S/C18H21N3O5S/c1-19-15(22)10-27-18-20-14-8-11(17(24)25-2)5-6-13(14)16(23)21(18)9-12-4-3-7-26-12/h5-6,8,12H,3-4,7,9-10H2,1-2H3,(H,19,22)/t12-/m0/s1. The fourth-order valence-corrected chi connectivity index (χ4v) is 3.79. The predicted octanol–water partition coefficient (Wildman–Crippen LogP) is 1.20. The van der Waals surface area contributed by atoms with E-state index in [0.29, 0.717) is 34.8 Å². The summed E-state index contributed by atoms with van der Waals surface area (Å²) in [5.41, 5.74) is 0.494. The number of benzene rings is 1. The summed E-state index contributed by atoms with van der Waals surface area (Å²) >= 11 is 1.18. The Kier molecular flexibility index (Phi) is 6.12. The maximum atomic E-state index is 13.0. The fourth-order valence-electron chi connectivity index (χ4n) is 2.91. The molecule has 1 aliphatic heterocycles. The van der Waals surface area contributed by atoms with Crippen molar-refractivity contribution in [2.24, 2.45) is 0 Å². The maximum Gasteiger partial charge on any atom is 0.337 e. The van der Waals surface area contributed by atoms with Crippen molar-refractivity contribution in [2.75, 3.05) is 26.5 Å². The molecule has 0 saturated carbocycles. The number of hydrogen-bond acceptors (Lipinski definition) is 7. The van der Waals surface area contributed by atoms with Crippen molar-refractivity contribution in [1.29, 1.82) is 0 Å². The van der Waals surface area contributed by atoms with Crippen molar-refractivity contribution in [3.05, 3.63) is 34.1 Å². The van der Waals surface area contributed by atoms with Gasteiger partial charge in [-0.25, -0.2) is 9.78 Å². The van der Waals surface area contributed by atoms with E-state index in [0.717, 1.165) is 12.8 Å². The molecule has 1 aromatic carbocycles. The number of amides is 1. The van der Waals surface area contributed by atoms with E-state index in [1.807, 2.05) is 0 Å². The number of fused-ring (bicyclic) bond motifs is 1. The quantitative estimate of drug-likeness (QED) is 0.449. The Labute approximate surface area is 160 Å². The summed E-state index contributed by atoms with van der Waals surface area (Å²) < 4.78 is 11.9. The van der Waals surface area contributed by atoms with E-state index in [2.05, 4.69) is 10.3 Å². The van der Waals surface area contributed by atoms with Crippen molar-refractivity contribution in [1.82, 2.24) is 14.9 Å². The van der Waals surface area contributed by atoms with Gasteiger partial charge in [0.1, 0.15) is 0 Å². The lowest BCUT2D eigenvalue weighted by Gasteiger charge is -2.16. The minimum absolute atomic E-state index is 0.0457. The van der Waals surface area contributed by atoms with Crippen LogP contribution in [0.2, 0.25) is 0 Å². The van der Waals surface area contributed by atoms with Crippen LogP contribution in [-0.4, -0.2) is 54.0 Å². The summed E-state index contributed by atoms with van der Waals surface area (Å²) in [6.45, 7) is 1.07. The zero-order valence-electron chi connectivity index (χ0n) is 15.2. The molecule has 1 fully saturated rings. The Morgan fingerprint density at radius 3 is 2.93 bits per heavy atom. The second-order valence-corrected chi connectivity index (χ2v) is 7.07. The van der Waals surface area contributed by atoms with Crippen LogP contribution in [0.3, 0.4) is 0 Å². The maximum absolute atomic E-state index is 13.0. The van der Waals surface area contributed by atoms with Gasteiger partial charge in [-0.2, -0.15) is 0 Å². The van der Waals surface area contributed by atoms with Crippen LogP contribution in [0, 0.1) is 0 Å². The predicted molar refractivity (Wildman–Crippen MR) is 101 cm³/mol. The number of thioether (sulfide) groups is 1. The molecule has 0 spiro atoms. The molecular formula is C18H21N3O5S. The third-order valence-corrected chi connectivity index (χ3v) is 5.34. The number of ether oxygens (including phenoxy) is 2. The first-order valence-corrected chi connectivity index (χ1v) is 9.60. The van der Waals surface area contributed by atoms with Crippen molar-refractivity contribution >= 4 is 34.5 Å². The molecule has 144 valence electrons. The van der Waals surface area contributed by atoms with Gasteiger partial charge in [0.15, 0.2) is 5.16 Å². The largest absolute Gasteiger partial charge is 0.465 e. The van der Waals surface area contributed by atoms with Gasteiger partial charge in [-0.05, 0) is 31.0 Å². The Morgan fingerprint density at radius 2 is 2.26 bits per heavy atom. The summed E-state index contributed by atoms with van der Waals surface area (Å²) in [6, 6.07) is 4.66. The highest BCUT2D eigenvalue weighted by Gasteiger charge is 2.21. The Balaban J connectivity index is 2.05. The Bertz CT molecular complexity index is 921. The van der Waals surface area contributed by atoms with E-state index < -0.39 is 5.97 Å². The molecule has 1 aromatic heterocycles. The summed E-state index contributed by atoms with van der Waals surface area (Å²) in [5, 5.41) is 3.38. The minimum Gasteiger partial charge on any atom is -0.465 e. The number of esters is 1. The third-order valence-electron chi connectivity index (χ3n) is 4.36. The highest BCUT2D eigenvalue weighted by molar-refractivity contribution is 7.99. The number of carbonyl (C=O) groups is 2. The highest BCUT2D eigenvalue weighted by Crippen LogP contribution is 2.21. The molecule has 3 rings (SSSR count). The first-order valence-electron chi connectivity index (χ1n) is 8.61. The monoisotopic (exact) mass is 391 g/mol. The smallest absolute Gasteiger partial charge is 0.337 e. The number of rotatable bonds is 6. The molecule has 2 heterocycles. The van der Waals surface area contributed by atoms with Gasteiger partial charge in [-0.3, -0.25) is 14.2 Å². The van der Waals surface area contributed by atoms with Gasteiger partial charge >= 0.3 is 5.97 Å². The number of nitrogens with one attached hydrogen (secondary N) is 1. The topological polar surface area (TPSA) is 99.5 Å². The van der Waals surface area contributed by atoms with E-state index in [-0.39, 0.29) is 23.3 Å². The summed E-state index contributed by atoms with van der Waals surface area (Å²) in [5.74, 6) is -0.528. The van der Waals surface area contributed by atoms with Crippen molar-refractivity contribution < 1.29 is 19.1 Å². The average Bonchev–Trinajstić information content (AvgIpc) is 3.20. The molecule has 1 amide bonds. The van der Waals surface area contributed by atoms with Gasteiger partial charge in [-0.15, -0.1) is 0 Å². The van der Waals surface area contributed by atoms with Crippen LogP contribution in [0.4, 0.5) is 0 Å². The molecule has 1 saturated heterocycles. The normalized spacial score (nSPS) is 16.4. The van der Waals surface area contributed by atoms with Crippen LogP contribution in [0.15, 0.2) is 28.2 Å². The van der Waals surface area contributed by atoms with E-state index in [1.165, 1.54) is 24.9 Å². The first kappa shape index (κ1) is 19.4. The molecule has 1 aliphatic rings. The number of aromatic nitrogens is 2. The van der Waals surface area contributed by atoms with Crippen molar-refractivity contribution in [2.45, 2.75) is 30.6 Å². The lowest BCUT2D eigenvalue weighted by molar-refractivity contribution is -0.118. The molecule has 0 unspecified atom stereocenters. The Morgan fingerprint density at radius 1 is 1.44 bits per heavy atom. The summed E-state index contributed by atoms with van der Waals surface area (Å²) in [6.07, 6.45) is 1.80. The van der Waals surface area contributed by atoms with E-state index in [4.69, 9.17) is 9.47 Å². The summed E-state index contributed by atoms with van der Waals surface area (Å²) in [7, 11) is 2.85. The van der Waals surface area contributed by atoms with E-state index in [9.17, 15) is 14.4 Å². The second kappa shape index (κ2) is 8.53. The van der Waals surface area contributed by atoms with Crippen LogP contribution in [-0.2, 0) is 20.8 Å².